The van der Waals surface area contributed by atoms with Crippen LogP contribution in [0.3, 0.4) is 0 Å². The molecule has 0 spiro atoms. The van der Waals surface area contributed by atoms with Gasteiger partial charge in [-0.1, -0.05) is 6.07 Å². The van der Waals surface area contributed by atoms with Crippen LogP contribution in [0.25, 0.3) is 0 Å². The summed E-state index contributed by atoms with van der Waals surface area (Å²) in [7, 11) is 0. The summed E-state index contributed by atoms with van der Waals surface area (Å²) in [6.45, 7) is -2.76. The minimum atomic E-state index is -2.76. The van der Waals surface area contributed by atoms with E-state index in [9.17, 15) is 8.78 Å². The van der Waals surface area contributed by atoms with Gasteiger partial charge in [0.25, 0.3) is 0 Å². The summed E-state index contributed by atoms with van der Waals surface area (Å²) in [4.78, 5) is 0. The molecule has 2 nitrogen and oxygen atoms in total. The Bertz CT molecular complexity index is 491. The number of anilines is 1. The molecule has 1 aromatic rings. The lowest BCUT2D eigenvalue weighted by molar-refractivity contribution is -0.0498. The molecule has 114 valence electrons. The van der Waals surface area contributed by atoms with Crippen molar-refractivity contribution in [3.05, 3.63) is 24.3 Å². The summed E-state index contributed by atoms with van der Waals surface area (Å²) in [6, 6.07) is 7.50. The summed E-state index contributed by atoms with van der Waals surface area (Å²) < 4.78 is 29.1. The van der Waals surface area contributed by atoms with Crippen LogP contribution in [-0.2, 0) is 0 Å². The predicted molar refractivity (Wildman–Crippen MR) is 77.5 cm³/mol. The third kappa shape index (κ3) is 2.60. The van der Waals surface area contributed by atoms with Crippen molar-refractivity contribution >= 4 is 5.69 Å². The first-order valence-electron chi connectivity index (χ1n) is 7.99. The zero-order valence-corrected chi connectivity index (χ0v) is 12.0. The van der Waals surface area contributed by atoms with Gasteiger partial charge in [0.05, 0.1) is 0 Å². The van der Waals surface area contributed by atoms with Crippen molar-refractivity contribution in [2.45, 2.75) is 44.8 Å². The van der Waals surface area contributed by atoms with Crippen molar-refractivity contribution in [1.82, 2.24) is 0 Å². The van der Waals surface area contributed by atoms with Crippen LogP contribution in [0.4, 0.5) is 14.5 Å². The lowest BCUT2D eigenvalue weighted by Gasteiger charge is -2.54. The smallest absolute Gasteiger partial charge is 0.387 e. The average molecular weight is 293 g/mol. The maximum absolute atomic E-state index is 12.3. The zero-order chi connectivity index (χ0) is 14.4. The number of hydrogen-bond donors (Lipinski definition) is 1. The van der Waals surface area contributed by atoms with E-state index in [2.05, 4.69) is 10.1 Å². The monoisotopic (exact) mass is 293 g/mol. The topological polar surface area (TPSA) is 21.3 Å². The fourth-order valence-corrected chi connectivity index (χ4v) is 5.12. The van der Waals surface area contributed by atoms with Crippen LogP contribution in [0.2, 0.25) is 0 Å². The van der Waals surface area contributed by atoms with Crippen molar-refractivity contribution < 1.29 is 13.5 Å². The highest BCUT2D eigenvalue weighted by molar-refractivity contribution is 5.49. The van der Waals surface area contributed by atoms with E-state index in [1.54, 1.807) is 18.2 Å². The van der Waals surface area contributed by atoms with Gasteiger partial charge in [0.15, 0.2) is 0 Å². The third-order valence-corrected chi connectivity index (χ3v) is 5.62. The van der Waals surface area contributed by atoms with Crippen LogP contribution in [0, 0.1) is 23.7 Å². The van der Waals surface area contributed by atoms with Crippen LogP contribution in [0.5, 0.6) is 5.75 Å². The van der Waals surface area contributed by atoms with Gasteiger partial charge in [0.1, 0.15) is 5.75 Å². The molecule has 4 fully saturated rings. The van der Waals surface area contributed by atoms with Crippen LogP contribution in [0.1, 0.15) is 32.1 Å². The largest absolute Gasteiger partial charge is 0.435 e. The lowest BCUT2D eigenvalue weighted by atomic mass is 9.54. The summed E-state index contributed by atoms with van der Waals surface area (Å²) >= 11 is 0. The van der Waals surface area contributed by atoms with Crippen molar-refractivity contribution in [2.75, 3.05) is 5.32 Å². The van der Waals surface area contributed by atoms with Gasteiger partial charge >= 0.3 is 6.61 Å². The number of ether oxygens (including phenoxy) is 1. The molecule has 5 rings (SSSR count). The summed E-state index contributed by atoms with van der Waals surface area (Å²) in [5, 5.41) is 3.61. The quantitative estimate of drug-likeness (QED) is 0.881. The Morgan fingerprint density at radius 1 is 1.00 bits per heavy atom. The fourth-order valence-electron chi connectivity index (χ4n) is 5.12. The number of halogens is 2. The highest BCUT2D eigenvalue weighted by Gasteiger charge is 2.48. The van der Waals surface area contributed by atoms with E-state index in [-0.39, 0.29) is 5.75 Å². The maximum atomic E-state index is 12.3. The van der Waals surface area contributed by atoms with E-state index >= 15 is 0 Å². The molecular weight excluding hydrogens is 272 g/mol. The number of hydrogen-bond acceptors (Lipinski definition) is 2. The Morgan fingerprint density at radius 2 is 1.67 bits per heavy atom. The van der Waals surface area contributed by atoms with Crippen LogP contribution in [0.15, 0.2) is 24.3 Å². The molecule has 0 unspecified atom stereocenters. The number of rotatable bonds is 4. The summed E-state index contributed by atoms with van der Waals surface area (Å²) in [6.07, 6.45) is 6.82. The normalized spacial score (nSPS) is 37.0. The highest BCUT2D eigenvalue weighted by atomic mass is 19.3. The summed E-state index contributed by atoms with van der Waals surface area (Å²) in [5.41, 5.74) is 0.908. The van der Waals surface area contributed by atoms with E-state index in [0.717, 1.165) is 29.4 Å². The molecule has 0 aromatic heterocycles. The number of nitrogens with one attached hydrogen (secondary N) is 1. The van der Waals surface area contributed by atoms with Gasteiger partial charge in [-0.3, -0.25) is 0 Å². The Labute approximate surface area is 123 Å². The van der Waals surface area contributed by atoms with Crippen molar-refractivity contribution in [3.63, 3.8) is 0 Å². The molecule has 21 heavy (non-hydrogen) atoms. The standard InChI is InChI=1S/C17H21F2NO/c18-17(19)21-15-3-1-2-14(9-15)20-16-12-5-10-4-11(7-12)8-13(16)6-10/h1-3,9-13,16-17,20H,4-8H2. The van der Waals surface area contributed by atoms with Crippen molar-refractivity contribution in [3.8, 4) is 5.75 Å². The predicted octanol–water partition coefficient (Wildman–Crippen LogP) is 4.52. The Balaban J connectivity index is 1.48. The van der Waals surface area contributed by atoms with Gasteiger partial charge < -0.3 is 10.1 Å². The van der Waals surface area contributed by atoms with Crippen LogP contribution < -0.4 is 10.1 Å². The molecule has 1 aromatic carbocycles. The Kier molecular flexibility index (Phi) is 3.27. The summed E-state index contributed by atoms with van der Waals surface area (Å²) in [5.74, 6) is 3.65. The minimum Gasteiger partial charge on any atom is -0.435 e. The molecule has 4 bridgehead atoms. The molecule has 0 amide bonds. The molecule has 1 N–H and O–H groups in total. The molecule has 0 saturated heterocycles. The Hall–Kier alpha value is -1.32. The van der Waals surface area contributed by atoms with Gasteiger partial charge in [0, 0.05) is 17.8 Å². The maximum Gasteiger partial charge on any atom is 0.387 e. The van der Waals surface area contributed by atoms with Gasteiger partial charge in [-0.15, -0.1) is 0 Å². The minimum absolute atomic E-state index is 0.235. The van der Waals surface area contributed by atoms with Crippen LogP contribution in [-0.4, -0.2) is 12.7 Å². The molecule has 0 heterocycles. The van der Waals surface area contributed by atoms with E-state index in [1.807, 2.05) is 6.07 Å². The first-order chi connectivity index (χ1) is 10.2. The number of benzene rings is 1. The van der Waals surface area contributed by atoms with E-state index in [1.165, 1.54) is 32.1 Å². The highest BCUT2D eigenvalue weighted by Crippen LogP contribution is 2.54. The second-order valence-electron chi connectivity index (χ2n) is 7.01. The van der Waals surface area contributed by atoms with Gasteiger partial charge in [-0.2, -0.15) is 8.78 Å². The number of alkyl halides is 2. The third-order valence-electron chi connectivity index (χ3n) is 5.62. The second kappa shape index (κ2) is 5.15. The Morgan fingerprint density at radius 3 is 2.29 bits per heavy atom. The molecule has 0 aliphatic heterocycles. The lowest BCUT2D eigenvalue weighted by Crippen LogP contribution is -2.51. The molecule has 4 heteroatoms. The average Bonchev–Trinajstić information content (AvgIpc) is 2.42. The molecular formula is C17H21F2NO. The first-order valence-corrected chi connectivity index (χ1v) is 7.99. The van der Waals surface area contributed by atoms with Crippen molar-refractivity contribution in [1.29, 1.82) is 0 Å². The van der Waals surface area contributed by atoms with E-state index in [4.69, 9.17) is 0 Å². The first kappa shape index (κ1) is 13.4. The second-order valence-corrected chi connectivity index (χ2v) is 7.01. The molecule has 4 aliphatic carbocycles. The SMILES string of the molecule is FC(F)Oc1cccc(NC2C3CC4CC(C3)CC2C4)c1. The van der Waals surface area contributed by atoms with Crippen molar-refractivity contribution in [2.24, 2.45) is 23.7 Å². The molecule has 0 radical (unpaired) electrons. The zero-order valence-electron chi connectivity index (χ0n) is 12.0. The fraction of sp³-hybridized carbons (Fsp3) is 0.647. The van der Waals surface area contributed by atoms with Crippen LogP contribution >= 0.6 is 0 Å². The van der Waals surface area contributed by atoms with Gasteiger partial charge in [-0.05, 0) is 67.9 Å². The van der Waals surface area contributed by atoms with E-state index in [0.29, 0.717) is 6.04 Å². The molecule has 4 saturated carbocycles. The van der Waals surface area contributed by atoms with Gasteiger partial charge in [0.2, 0.25) is 0 Å². The van der Waals surface area contributed by atoms with E-state index < -0.39 is 6.61 Å². The molecule has 4 aliphatic rings. The molecule has 0 atom stereocenters. The van der Waals surface area contributed by atoms with Gasteiger partial charge in [-0.25, -0.2) is 0 Å².